The summed E-state index contributed by atoms with van der Waals surface area (Å²) in [4.78, 5) is 36.2. The van der Waals surface area contributed by atoms with Gasteiger partial charge in [0.05, 0.1) is 6.61 Å². The van der Waals surface area contributed by atoms with Crippen LogP contribution in [0.4, 0.5) is 4.79 Å². The van der Waals surface area contributed by atoms with Gasteiger partial charge in [0, 0.05) is 25.2 Å². The molecule has 7 nitrogen and oxygen atoms in total. The molecule has 1 N–H and O–H groups in total. The number of carbonyl (C=O) groups excluding carboxylic acids is 3. The molecule has 0 aromatic carbocycles. The highest BCUT2D eigenvalue weighted by molar-refractivity contribution is 5.86. The summed E-state index contributed by atoms with van der Waals surface area (Å²) >= 11 is 0. The number of piperidine rings is 1. The lowest BCUT2D eigenvalue weighted by Crippen LogP contribution is -2.47. The predicted octanol–water partition coefficient (Wildman–Crippen LogP) is 1.40. The minimum atomic E-state index is -0.560. The Kier molecular flexibility index (Phi) is 8.49. The molecule has 1 aliphatic heterocycles. The van der Waals surface area contributed by atoms with Gasteiger partial charge < -0.3 is 19.7 Å². The number of allylic oxidation sites excluding steroid dienone is 3. The molecule has 23 heavy (non-hydrogen) atoms. The van der Waals surface area contributed by atoms with Crippen LogP contribution in [0.15, 0.2) is 24.3 Å². The van der Waals surface area contributed by atoms with E-state index in [0.29, 0.717) is 32.5 Å². The van der Waals surface area contributed by atoms with E-state index < -0.39 is 5.97 Å². The first-order valence-electron chi connectivity index (χ1n) is 7.74. The lowest BCUT2D eigenvalue weighted by Gasteiger charge is -2.31. The van der Waals surface area contributed by atoms with E-state index >= 15 is 0 Å². The average molecular weight is 324 g/mol. The topological polar surface area (TPSA) is 84.9 Å². The van der Waals surface area contributed by atoms with Gasteiger partial charge in [-0.05, 0) is 26.7 Å². The Morgan fingerprint density at radius 2 is 1.87 bits per heavy atom. The fourth-order valence-corrected chi connectivity index (χ4v) is 2.12. The van der Waals surface area contributed by atoms with Crippen LogP contribution >= 0.6 is 0 Å². The second-order valence-electron chi connectivity index (χ2n) is 5.02. The summed E-state index contributed by atoms with van der Waals surface area (Å²) in [5.41, 5.74) is 0. The molecule has 2 amide bonds. The van der Waals surface area contributed by atoms with Crippen molar-refractivity contribution in [1.29, 1.82) is 0 Å². The van der Waals surface area contributed by atoms with Crippen LogP contribution in [0.25, 0.3) is 0 Å². The Bertz CT molecular complexity index is 465. The van der Waals surface area contributed by atoms with Gasteiger partial charge in [0.15, 0.2) is 6.61 Å². The van der Waals surface area contributed by atoms with Crippen LogP contribution in [-0.2, 0) is 19.1 Å². The Morgan fingerprint density at radius 1 is 1.17 bits per heavy atom. The third-order valence-electron chi connectivity index (χ3n) is 3.27. The molecule has 1 saturated heterocycles. The number of nitrogens with one attached hydrogen (secondary N) is 1. The maximum atomic E-state index is 11.7. The fourth-order valence-electron chi connectivity index (χ4n) is 2.12. The maximum absolute atomic E-state index is 11.7. The van der Waals surface area contributed by atoms with Crippen LogP contribution < -0.4 is 5.32 Å². The van der Waals surface area contributed by atoms with Crippen LogP contribution in [0.3, 0.4) is 0 Å². The first kappa shape index (κ1) is 18.7. The van der Waals surface area contributed by atoms with E-state index in [2.05, 4.69) is 5.32 Å². The summed E-state index contributed by atoms with van der Waals surface area (Å²) in [6, 6.07) is -0.0227. The number of carbonyl (C=O) groups is 3. The lowest BCUT2D eigenvalue weighted by molar-refractivity contribution is -0.144. The summed E-state index contributed by atoms with van der Waals surface area (Å²) in [6.07, 6.45) is 7.26. The SMILES string of the molecule is C/C=C/C=C/C(=O)OCC(=O)NC1CCN(C(=O)OCC)CC1. The standard InChI is InChI=1S/C16H24N2O5/c1-3-5-6-7-15(20)23-12-14(19)17-13-8-10-18(11-9-13)16(21)22-4-2/h3,5-7,13H,4,8-12H2,1-2H3,(H,17,19)/b5-3+,7-6+. The Labute approximate surface area is 136 Å². The predicted molar refractivity (Wildman–Crippen MR) is 84.7 cm³/mol. The van der Waals surface area contributed by atoms with E-state index in [0.717, 1.165) is 0 Å². The van der Waals surface area contributed by atoms with Crippen molar-refractivity contribution in [3.63, 3.8) is 0 Å². The minimum Gasteiger partial charge on any atom is -0.452 e. The van der Waals surface area contributed by atoms with Crippen LogP contribution in [0.1, 0.15) is 26.7 Å². The molecule has 0 spiro atoms. The molecule has 128 valence electrons. The zero-order valence-corrected chi connectivity index (χ0v) is 13.6. The number of likely N-dealkylation sites (tertiary alicyclic amines) is 1. The zero-order chi connectivity index (χ0) is 17.1. The third-order valence-corrected chi connectivity index (χ3v) is 3.27. The average Bonchev–Trinajstić information content (AvgIpc) is 2.54. The van der Waals surface area contributed by atoms with E-state index in [1.807, 2.05) is 6.92 Å². The quantitative estimate of drug-likeness (QED) is 0.453. The maximum Gasteiger partial charge on any atom is 0.409 e. The van der Waals surface area contributed by atoms with Gasteiger partial charge in [0.1, 0.15) is 0 Å². The highest BCUT2D eigenvalue weighted by atomic mass is 16.6. The highest BCUT2D eigenvalue weighted by Crippen LogP contribution is 2.11. The Balaban J connectivity index is 2.23. The van der Waals surface area contributed by atoms with Crippen molar-refractivity contribution in [1.82, 2.24) is 10.2 Å². The van der Waals surface area contributed by atoms with Crippen molar-refractivity contribution in [2.24, 2.45) is 0 Å². The minimum absolute atomic E-state index is 0.0227. The van der Waals surface area contributed by atoms with Crippen molar-refractivity contribution >= 4 is 18.0 Å². The summed E-state index contributed by atoms with van der Waals surface area (Å²) in [7, 11) is 0. The van der Waals surface area contributed by atoms with E-state index in [-0.39, 0.29) is 24.6 Å². The van der Waals surface area contributed by atoms with Crippen LogP contribution in [0.2, 0.25) is 0 Å². The first-order chi connectivity index (χ1) is 11.1. The van der Waals surface area contributed by atoms with Crippen LogP contribution in [-0.4, -0.2) is 55.2 Å². The van der Waals surface area contributed by atoms with Crippen molar-refractivity contribution in [2.45, 2.75) is 32.7 Å². The number of ether oxygens (including phenoxy) is 2. The fraction of sp³-hybridized carbons (Fsp3) is 0.562. The van der Waals surface area contributed by atoms with Gasteiger partial charge in [-0.1, -0.05) is 18.2 Å². The molecule has 0 bridgehead atoms. The number of esters is 1. The van der Waals surface area contributed by atoms with E-state index in [9.17, 15) is 14.4 Å². The molecule has 1 heterocycles. The number of rotatable bonds is 6. The number of hydrogen-bond acceptors (Lipinski definition) is 5. The van der Waals surface area contributed by atoms with Crippen LogP contribution in [0.5, 0.6) is 0 Å². The lowest BCUT2D eigenvalue weighted by atomic mass is 10.1. The largest absolute Gasteiger partial charge is 0.452 e. The van der Waals surface area contributed by atoms with Gasteiger partial charge in [-0.15, -0.1) is 0 Å². The number of nitrogens with zero attached hydrogens (tertiary/aromatic N) is 1. The van der Waals surface area contributed by atoms with E-state index in [1.54, 1.807) is 30.1 Å². The van der Waals surface area contributed by atoms with Gasteiger partial charge in [-0.25, -0.2) is 9.59 Å². The highest BCUT2D eigenvalue weighted by Gasteiger charge is 2.24. The molecule has 0 radical (unpaired) electrons. The summed E-state index contributed by atoms with van der Waals surface area (Å²) in [5, 5.41) is 2.80. The normalized spacial score (nSPS) is 15.8. The second kappa shape index (κ2) is 10.4. The Hall–Kier alpha value is -2.31. The van der Waals surface area contributed by atoms with Crippen molar-refractivity contribution < 1.29 is 23.9 Å². The summed E-state index contributed by atoms with van der Waals surface area (Å²) in [5.74, 6) is -0.900. The van der Waals surface area contributed by atoms with E-state index in [4.69, 9.17) is 9.47 Å². The Morgan fingerprint density at radius 3 is 2.48 bits per heavy atom. The van der Waals surface area contributed by atoms with Crippen molar-refractivity contribution in [2.75, 3.05) is 26.3 Å². The van der Waals surface area contributed by atoms with Gasteiger partial charge in [-0.2, -0.15) is 0 Å². The monoisotopic (exact) mass is 324 g/mol. The molecule has 1 fully saturated rings. The molecule has 0 aromatic heterocycles. The molecule has 7 heteroatoms. The van der Waals surface area contributed by atoms with Crippen molar-refractivity contribution in [3.05, 3.63) is 24.3 Å². The van der Waals surface area contributed by atoms with Gasteiger partial charge in [0.25, 0.3) is 5.91 Å². The van der Waals surface area contributed by atoms with Gasteiger partial charge >= 0.3 is 12.1 Å². The molecule has 0 aliphatic carbocycles. The molecule has 0 atom stereocenters. The van der Waals surface area contributed by atoms with Gasteiger partial charge in [-0.3, -0.25) is 4.79 Å². The van der Waals surface area contributed by atoms with Crippen LogP contribution in [0, 0.1) is 0 Å². The summed E-state index contributed by atoms with van der Waals surface area (Å²) < 4.78 is 9.76. The third kappa shape index (κ3) is 7.49. The first-order valence-corrected chi connectivity index (χ1v) is 7.74. The molecular weight excluding hydrogens is 300 g/mol. The molecule has 1 aliphatic rings. The molecule has 0 aromatic rings. The van der Waals surface area contributed by atoms with Gasteiger partial charge in [0.2, 0.25) is 0 Å². The van der Waals surface area contributed by atoms with Crippen molar-refractivity contribution in [3.8, 4) is 0 Å². The smallest absolute Gasteiger partial charge is 0.409 e. The molecule has 0 unspecified atom stereocenters. The molecule has 1 rings (SSSR count). The molecular formula is C16H24N2O5. The van der Waals surface area contributed by atoms with E-state index in [1.165, 1.54) is 6.08 Å². The number of hydrogen-bond donors (Lipinski definition) is 1. The second-order valence-corrected chi connectivity index (χ2v) is 5.02. The zero-order valence-electron chi connectivity index (χ0n) is 13.6. The molecule has 0 saturated carbocycles. The number of amides is 2. The summed E-state index contributed by atoms with van der Waals surface area (Å²) in [6.45, 7) is 4.71.